The Hall–Kier alpha value is -2.17. The molecule has 0 aliphatic heterocycles. The van der Waals surface area contributed by atoms with Crippen LogP contribution in [-0.2, 0) is 6.54 Å². The van der Waals surface area contributed by atoms with Gasteiger partial charge in [0.15, 0.2) is 0 Å². The van der Waals surface area contributed by atoms with Crippen LogP contribution in [0.15, 0.2) is 30.9 Å². The standard InChI is InChI=1S/C15H21N5/c1-4-17-14-13(11(2)3)15(20-10-19-14)18-9-12-6-5-7-16-8-12/h5-8,10-11H,4,9H2,1-3H3,(H2,17,18,19,20). The van der Waals surface area contributed by atoms with E-state index in [9.17, 15) is 0 Å². The molecule has 0 saturated heterocycles. The lowest BCUT2D eigenvalue weighted by molar-refractivity contribution is 0.844. The zero-order valence-electron chi connectivity index (χ0n) is 12.2. The molecule has 5 heteroatoms. The van der Waals surface area contributed by atoms with Gasteiger partial charge in [-0.3, -0.25) is 4.98 Å². The Morgan fingerprint density at radius 3 is 2.50 bits per heavy atom. The number of rotatable bonds is 6. The fourth-order valence-electron chi connectivity index (χ4n) is 2.08. The summed E-state index contributed by atoms with van der Waals surface area (Å²) in [7, 11) is 0. The van der Waals surface area contributed by atoms with Gasteiger partial charge in [0.1, 0.15) is 18.0 Å². The minimum Gasteiger partial charge on any atom is -0.370 e. The molecule has 20 heavy (non-hydrogen) atoms. The van der Waals surface area contributed by atoms with Gasteiger partial charge in [0.05, 0.1) is 0 Å². The summed E-state index contributed by atoms with van der Waals surface area (Å²) in [4.78, 5) is 12.8. The van der Waals surface area contributed by atoms with E-state index < -0.39 is 0 Å². The Bertz CT molecular complexity index is 539. The Kier molecular flexibility index (Phi) is 4.87. The first kappa shape index (κ1) is 14.2. The molecule has 2 heterocycles. The van der Waals surface area contributed by atoms with Crippen molar-refractivity contribution < 1.29 is 0 Å². The molecule has 0 aliphatic rings. The molecule has 2 aromatic heterocycles. The molecule has 106 valence electrons. The molecule has 0 radical (unpaired) electrons. The molecule has 5 nitrogen and oxygen atoms in total. The third kappa shape index (κ3) is 3.44. The van der Waals surface area contributed by atoms with Gasteiger partial charge in [-0.25, -0.2) is 9.97 Å². The largest absolute Gasteiger partial charge is 0.370 e. The van der Waals surface area contributed by atoms with E-state index in [0.717, 1.165) is 29.3 Å². The van der Waals surface area contributed by atoms with Gasteiger partial charge in [-0.15, -0.1) is 0 Å². The van der Waals surface area contributed by atoms with E-state index in [1.165, 1.54) is 0 Å². The molecule has 0 unspecified atom stereocenters. The molecule has 2 aromatic rings. The van der Waals surface area contributed by atoms with E-state index >= 15 is 0 Å². The second-order valence-electron chi connectivity index (χ2n) is 4.88. The summed E-state index contributed by atoms with van der Waals surface area (Å²) in [5.74, 6) is 2.14. The maximum atomic E-state index is 4.38. The van der Waals surface area contributed by atoms with Gasteiger partial charge in [0, 0.05) is 31.0 Å². The number of nitrogens with zero attached hydrogens (tertiary/aromatic N) is 3. The van der Waals surface area contributed by atoms with Crippen molar-refractivity contribution in [2.24, 2.45) is 0 Å². The molecular weight excluding hydrogens is 250 g/mol. The van der Waals surface area contributed by atoms with Gasteiger partial charge in [0.2, 0.25) is 0 Å². The fourth-order valence-corrected chi connectivity index (χ4v) is 2.08. The van der Waals surface area contributed by atoms with E-state index in [2.05, 4.69) is 46.4 Å². The number of nitrogens with one attached hydrogen (secondary N) is 2. The highest BCUT2D eigenvalue weighted by Gasteiger charge is 2.14. The molecule has 0 aliphatic carbocycles. The van der Waals surface area contributed by atoms with E-state index in [0.29, 0.717) is 12.5 Å². The van der Waals surface area contributed by atoms with Crippen LogP contribution in [0.3, 0.4) is 0 Å². The van der Waals surface area contributed by atoms with Crippen LogP contribution in [0.1, 0.15) is 37.8 Å². The van der Waals surface area contributed by atoms with E-state index in [4.69, 9.17) is 0 Å². The first-order chi connectivity index (χ1) is 9.72. The Balaban J connectivity index is 2.20. The summed E-state index contributed by atoms with van der Waals surface area (Å²) in [6.45, 7) is 7.91. The van der Waals surface area contributed by atoms with Crippen molar-refractivity contribution in [3.8, 4) is 0 Å². The van der Waals surface area contributed by atoms with Gasteiger partial charge < -0.3 is 10.6 Å². The van der Waals surface area contributed by atoms with Crippen molar-refractivity contribution in [2.75, 3.05) is 17.2 Å². The molecule has 2 N–H and O–H groups in total. The molecule has 2 rings (SSSR count). The Labute approximate surface area is 119 Å². The molecule has 0 atom stereocenters. The lowest BCUT2D eigenvalue weighted by atomic mass is 10.0. The fraction of sp³-hybridized carbons (Fsp3) is 0.400. The molecule has 0 fully saturated rings. The van der Waals surface area contributed by atoms with Crippen LogP contribution in [0.5, 0.6) is 0 Å². The lowest BCUT2D eigenvalue weighted by Gasteiger charge is -2.17. The smallest absolute Gasteiger partial charge is 0.135 e. The van der Waals surface area contributed by atoms with Crippen molar-refractivity contribution in [1.82, 2.24) is 15.0 Å². The van der Waals surface area contributed by atoms with Crippen LogP contribution in [-0.4, -0.2) is 21.5 Å². The number of aromatic nitrogens is 3. The number of hydrogen-bond donors (Lipinski definition) is 2. The monoisotopic (exact) mass is 271 g/mol. The summed E-state index contributed by atoms with van der Waals surface area (Å²) in [5.41, 5.74) is 2.25. The van der Waals surface area contributed by atoms with Gasteiger partial charge in [-0.2, -0.15) is 0 Å². The topological polar surface area (TPSA) is 62.7 Å². The van der Waals surface area contributed by atoms with Gasteiger partial charge in [0.25, 0.3) is 0 Å². The molecule has 0 amide bonds. The lowest BCUT2D eigenvalue weighted by Crippen LogP contribution is -2.11. The van der Waals surface area contributed by atoms with Crippen LogP contribution in [0.2, 0.25) is 0 Å². The normalized spacial score (nSPS) is 10.6. The van der Waals surface area contributed by atoms with Crippen molar-refractivity contribution in [3.05, 3.63) is 42.0 Å². The summed E-state index contributed by atoms with van der Waals surface area (Å²) in [6, 6.07) is 3.98. The predicted octanol–water partition coefficient (Wildman–Crippen LogP) is 3.04. The number of anilines is 2. The minimum absolute atomic E-state index is 0.349. The average Bonchev–Trinajstić information content (AvgIpc) is 2.46. The second-order valence-corrected chi connectivity index (χ2v) is 4.88. The van der Waals surface area contributed by atoms with Crippen molar-refractivity contribution in [1.29, 1.82) is 0 Å². The molecule has 0 bridgehead atoms. The van der Waals surface area contributed by atoms with E-state index in [1.54, 1.807) is 12.5 Å². The summed E-state index contributed by atoms with van der Waals surface area (Å²) in [5, 5.41) is 6.67. The first-order valence-electron chi connectivity index (χ1n) is 6.94. The average molecular weight is 271 g/mol. The van der Waals surface area contributed by atoms with Crippen molar-refractivity contribution in [2.45, 2.75) is 33.2 Å². The highest BCUT2D eigenvalue weighted by Crippen LogP contribution is 2.28. The summed E-state index contributed by atoms with van der Waals surface area (Å²) < 4.78 is 0. The van der Waals surface area contributed by atoms with E-state index in [-0.39, 0.29) is 0 Å². The quantitative estimate of drug-likeness (QED) is 0.845. The maximum Gasteiger partial charge on any atom is 0.135 e. The van der Waals surface area contributed by atoms with Crippen molar-refractivity contribution >= 4 is 11.6 Å². The van der Waals surface area contributed by atoms with Gasteiger partial charge >= 0.3 is 0 Å². The zero-order chi connectivity index (χ0) is 14.4. The zero-order valence-corrected chi connectivity index (χ0v) is 12.2. The second kappa shape index (κ2) is 6.84. The first-order valence-corrected chi connectivity index (χ1v) is 6.94. The van der Waals surface area contributed by atoms with Gasteiger partial charge in [-0.1, -0.05) is 19.9 Å². The SMILES string of the molecule is CCNc1ncnc(NCc2cccnc2)c1C(C)C. The molecule has 0 spiro atoms. The third-order valence-corrected chi connectivity index (χ3v) is 2.99. The summed E-state index contributed by atoms with van der Waals surface area (Å²) in [6.07, 6.45) is 5.22. The molecule has 0 saturated carbocycles. The van der Waals surface area contributed by atoms with Crippen molar-refractivity contribution in [3.63, 3.8) is 0 Å². The number of hydrogen-bond acceptors (Lipinski definition) is 5. The third-order valence-electron chi connectivity index (χ3n) is 2.99. The number of pyridine rings is 1. The van der Waals surface area contributed by atoms with Crippen LogP contribution in [0.4, 0.5) is 11.6 Å². The highest BCUT2D eigenvalue weighted by atomic mass is 15.1. The van der Waals surface area contributed by atoms with Crippen LogP contribution < -0.4 is 10.6 Å². The highest BCUT2D eigenvalue weighted by molar-refractivity contribution is 5.59. The van der Waals surface area contributed by atoms with E-state index in [1.807, 2.05) is 18.3 Å². The van der Waals surface area contributed by atoms with Gasteiger partial charge in [-0.05, 0) is 24.5 Å². The Morgan fingerprint density at radius 2 is 1.90 bits per heavy atom. The Morgan fingerprint density at radius 1 is 1.15 bits per heavy atom. The van der Waals surface area contributed by atoms with Crippen LogP contribution in [0.25, 0.3) is 0 Å². The predicted molar refractivity (Wildman–Crippen MR) is 81.8 cm³/mol. The van der Waals surface area contributed by atoms with Crippen LogP contribution in [0, 0.1) is 0 Å². The molecule has 0 aromatic carbocycles. The molecular formula is C15H21N5. The van der Waals surface area contributed by atoms with Crippen LogP contribution >= 0.6 is 0 Å². The summed E-state index contributed by atoms with van der Waals surface area (Å²) >= 11 is 0. The minimum atomic E-state index is 0.349. The maximum absolute atomic E-state index is 4.38.